The zero-order chi connectivity index (χ0) is 24.1. The van der Waals surface area contributed by atoms with Gasteiger partial charge in [0.1, 0.15) is 5.69 Å². The van der Waals surface area contributed by atoms with Crippen LogP contribution in [0.5, 0.6) is 0 Å². The third-order valence-electron chi connectivity index (χ3n) is 7.15. The molecular formula is C31H22N4O. The largest absolute Gasteiger partial charge is 0.289 e. The van der Waals surface area contributed by atoms with E-state index < -0.39 is 0 Å². The van der Waals surface area contributed by atoms with Crippen molar-refractivity contribution in [1.82, 2.24) is 15.6 Å². The Morgan fingerprint density at radius 1 is 0.806 bits per heavy atom. The van der Waals surface area contributed by atoms with E-state index >= 15 is 0 Å². The summed E-state index contributed by atoms with van der Waals surface area (Å²) < 4.78 is 0. The first kappa shape index (κ1) is 20.6. The molecule has 36 heavy (non-hydrogen) atoms. The van der Waals surface area contributed by atoms with Crippen LogP contribution in [0.3, 0.4) is 0 Å². The Morgan fingerprint density at radius 2 is 1.50 bits per heavy atom. The summed E-state index contributed by atoms with van der Waals surface area (Å²) in [4.78, 5) is 12.9. The maximum Gasteiger partial charge on any atom is 0.289 e. The number of hydrogen-bond acceptors (Lipinski definition) is 3. The number of fused-ring (bicyclic) bond motifs is 2. The number of nitrogens with one attached hydrogen (secondary N) is 2. The first-order valence-corrected chi connectivity index (χ1v) is 12.1. The average Bonchev–Trinajstić information content (AvgIpc) is 3.58. The summed E-state index contributed by atoms with van der Waals surface area (Å²) in [6, 6.07) is 31.1. The van der Waals surface area contributed by atoms with E-state index in [0.717, 1.165) is 51.2 Å². The Kier molecular flexibility index (Phi) is 4.67. The number of amides is 1. The normalized spacial score (nSPS) is 12.8. The summed E-state index contributed by atoms with van der Waals surface area (Å²) in [6.45, 7) is 0. The van der Waals surface area contributed by atoms with Gasteiger partial charge in [-0.15, -0.1) is 0 Å². The Hall–Kier alpha value is -4.77. The van der Waals surface area contributed by atoms with Gasteiger partial charge >= 0.3 is 0 Å². The van der Waals surface area contributed by atoms with E-state index in [4.69, 9.17) is 0 Å². The van der Waals surface area contributed by atoms with Crippen molar-refractivity contribution in [1.29, 1.82) is 0 Å². The van der Waals surface area contributed by atoms with Crippen LogP contribution >= 0.6 is 0 Å². The molecule has 1 heterocycles. The minimum atomic E-state index is -0.333. The van der Waals surface area contributed by atoms with Gasteiger partial charge in [-0.2, -0.15) is 10.2 Å². The maximum atomic E-state index is 12.9. The zero-order valence-electron chi connectivity index (χ0n) is 19.5. The van der Waals surface area contributed by atoms with Crippen molar-refractivity contribution < 1.29 is 4.79 Å². The van der Waals surface area contributed by atoms with E-state index in [-0.39, 0.29) is 5.91 Å². The minimum absolute atomic E-state index is 0.333. The molecule has 0 saturated carbocycles. The van der Waals surface area contributed by atoms with Gasteiger partial charge < -0.3 is 0 Å². The Balaban J connectivity index is 1.19. The highest BCUT2D eigenvalue weighted by atomic mass is 16.2. The molecule has 0 bridgehead atoms. The molecular weight excluding hydrogens is 444 g/mol. The molecule has 5 aromatic carbocycles. The number of H-pyrrole nitrogens is 1. The number of hydrazone groups is 1. The fourth-order valence-electron chi connectivity index (χ4n) is 5.45. The summed E-state index contributed by atoms with van der Waals surface area (Å²) >= 11 is 0. The summed E-state index contributed by atoms with van der Waals surface area (Å²) in [6.07, 6.45) is 3.88. The van der Waals surface area contributed by atoms with Crippen molar-refractivity contribution in [2.75, 3.05) is 0 Å². The van der Waals surface area contributed by atoms with Crippen LogP contribution < -0.4 is 5.43 Å². The van der Waals surface area contributed by atoms with Crippen LogP contribution in [0.15, 0.2) is 96.1 Å². The van der Waals surface area contributed by atoms with Crippen LogP contribution in [0.1, 0.15) is 27.2 Å². The number of aryl methyl sites for hydroxylation is 2. The van der Waals surface area contributed by atoms with E-state index in [1.54, 1.807) is 12.3 Å². The van der Waals surface area contributed by atoms with Gasteiger partial charge in [-0.1, -0.05) is 78.9 Å². The van der Waals surface area contributed by atoms with E-state index in [1.165, 1.54) is 21.9 Å². The van der Waals surface area contributed by atoms with Gasteiger partial charge in [0.05, 0.1) is 11.9 Å². The number of nitrogens with zero attached hydrogens (tertiary/aromatic N) is 2. The second-order valence-corrected chi connectivity index (χ2v) is 9.21. The lowest BCUT2D eigenvalue weighted by molar-refractivity contribution is 0.0950. The monoisotopic (exact) mass is 466 g/mol. The van der Waals surface area contributed by atoms with E-state index in [0.29, 0.717) is 5.69 Å². The van der Waals surface area contributed by atoms with Gasteiger partial charge in [-0.25, -0.2) is 5.43 Å². The van der Waals surface area contributed by atoms with Crippen LogP contribution in [0, 0.1) is 0 Å². The van der Waals surface area contributed by atoms with E-state index in [9.17, 15) is 4.79 Å². The lowest BCUT2D eigenvalue weighted by Crippen LogP contribution is -2.18. The highest BCUT2D eigenvalue weighted by molar-refractivity contribution is 6.13. The highest BCUT2D eigenvalue weighted by Crippen LogP contribution is 2.36. The van der Waals surface area contributed by atoms with Crippen molar-refractivity contribution in [3.63, 3.8) is 0 Å². The third-order valence-corrected chi connectivity index (χ3v) is 7.15. The SMILES string of the molecule is O=C(NN=Cc1c2ccccc2cc2ccccc12)c1cc(-c2ccc3c4c(cccc24)CC3)n[nH]1. The molecule has 5 nitrogen and oxygen atoms in total. The van der Waals surface area contributed by atoms with Crippen molar-refractivity contribution in [3.05, 3.63) is 113 Å². The molecule has 0 unspecified atom stereocenters. The quantitative estimate of drug-likeness (QED) is 0.179. The molecule has 5 heteroatoms. The lowest BCUT2D eigenvalue weighted by Gasteiger charge is -2.07. The number of carbonyl (C=O) groups excluding carboxylic acids is 1. The van der Waals surface area contributed by atoms with Crippen molar-refractivity contribution in [2.45, 2.75) is 12.8 Å². The van der Waals surface area contributed by atoms with Crippen molar-refractivity contribution >= 4 is 44.4 Å². The summed E-state index contributed by atoms with van der Waals surface area (Å²) in [5.41, 5.74) is 8.55. The van der Waals surface area contributed by atoms with Gasteiger partial charge in [-0.05, 0) is 68.4 Å². The number of benzene rings is 5. The topological polar surface area (TPSA) is 70.1 Å². The maximum absolute atomic E-state index is 12.9. The van der Waals surface area contributed by atoms with Gasteiger partial charge in [-0.3, -0.25) is 9.89 Å². The molecule has 6 aromatic rings. The molecule has 0 aliphatic heterocycles. The minimum Gasteiger partial charge on any atom is -0.272 e. The molecule has 1 amide bonds. The summed E-state index contributed by atoms with van der Waals surface area (Å²) in [7, 11) is 0. The van der Waals surface area contributed by atoms with Gasteiger partial charge in [0, 0.05) is 11.1 Å². The standard InChI is InChI=1S/C31H22N4O/c36-31(35-32-18-27-23-9-3-1-6-21(23)16-22-7-2-4-10-24(22)27)29-17-28(33-34-29)25-15-14-20-13-12-19-8-5-11-26(25)30(19)20/h1-11,14-18H,12-13H2,(H,33,34)(H,35,36). The number of hydrogen-bond donors (Lipinski definition) is 2. The smallest absolute Gasteiger partial charge is 0.272 e. The molecule has 1 aliphatic rings. The molecule has 172 valence electrons. The van der Waals surface area contributed by atoms with Crippen LogP contribution in [-0.2, 0) is 12.8 Å². The number of aromatic amines is 1. The highest BCUT2D eigenvalue weighted by Gasteiger charge is 2.18. The van der Waals surface area contributed by atoms with Crippen molar-refractivity contribution in [2.24, 2.45) is 5.10 Å². The molecule has 2 N–H and O–H groups in total. The third kappa shape index (κ3) is 3.28. The Labute approximate surface area is 207 Å². The fraction of sp³-hybridized carbons (Fsp3) is 0.0645. The lowest BCUT2D eigenvalue weighted by atomic mass is 9.97. The number of rotatable bonds is 4. The molecule has 7 rings (SSSR count). The Morgan fingerprint density at radius 3 is 2.28 bits per heavy atom. The van der Waals surface area contributed by atoms with Gasteiger partial charge in [0.15, 0.2) is 0 Å². The van der Waals surface area contributed by atoms with E-state index in [2.05, 4.69) is 81.4 Å². The predicted molar refractivity (Wildman–Crippen MR) is 145 cm³/mol. The van der Waals surface area contributed by atoms with Gasteiger partial charge in [0.25, 0.3) is 5.91 Å². The second-order valence-electron chi connectivity index (χ2n) is 9.21. The molecule has 1 aromatic heterocycles. The predicted octanol–water partition coefficient (Wildman–Crippen LogP) is 6.40. The van der Waals surface area contributed by atoms with Crippen LogP contribution in [0.25, 0.3) is 43.6 Å². The van der Waals surface area contributed by atoms with Gasteiger partial charge in [0.2, 0.25) is 0 Å². The molecule has 0 radical (unpaired) electrons. The number of carbonyl (C=O) groups is 1. The average molecular weight is 467 g/mol. The Bertz CT molecular complexity index is 1780. The summed E-state index contributed by atoms with van der Waals surface area (Å²) in [5, 5.41) is 18.6. The molecule has 0 spiro atoms. The molecule has 0 fully saturated rings. The molecule has 1 aliphatic carbocycles. The van der Waals surface area contributed by atoms with Crippen LogP contribution in [0.4, 0.5) is 0 Å². The first-order valence-electron chi connectivity index (χ1n) is 12.1. The molecule has 0 atom stereocenters. The van der Waals surface area contributed by atoms with E-state index in [1.807, 2.05) is 24.3 Å². The van der Waals surface area contributed by atoms with Crippen LogP contribution in [-0.4, -0.2) is 22.3 Å². The second kappa shape index (κ2) is 8.17. The number of aromatic nitrogens is 2. The molecule has 0 saturated heterocycles. The fourth-order valence-corrected chi connectivity index (χ4v) is 5.45. The van der Waals surface area contributed by atoms with Crippen LogP contribution in [0.2, 0.25) is 0 Å². The summed E-state index contributed by atoms with van der Waals surface area (Å²) in [5.74, 6) is -0.333. The first-order chi connectivity index (χ1) is 17.8. The zero-order valence-corrected chi connectivity index (χ0v) is 19.5. The van der Waals surface area contributed by atoms with Crippen molar-refractivity contribution in [3.8, 4) is 11.3 Å².